The maximum Gasteiger partial charge on any atom is 0.145 e. The molecular weight excluding hydrogens is 300 g/mol. The number of nitrogens with zero attached hydrogens (tertiary/aromatic N) is 5. The van der Waals surface area contributed by atoms with Crippen LogP contribution in [0.1, 0.15) is 36.0 Å². The molecule has 6 nitrogen and oxygen atoms in total. The molecule has 0 spiro atoms. The molecule has 0 bridgehead atoms. The average Bonchev–Trinajstić information content (AvgIpc) is 2.96. The number of anilines is 1. The van der Waals surface area contributed by atoms with E-state index >= 15 is 0 Å². The number of rotatable bonds is 3. The van der Waals surface area contributed by atoms with E-state index in [4.69, 9.17) is 5.73 Å². The van der Waals surface area contributed by atoms with E-state index < -0.39 is 0 Å². The van der Waals surface area contributed by atoms with Gasteiger partial charge in [-0.15, -0.1) is 0 Å². The van der Waals surface area contributed by atoms with Crippen LogP contribution in [0, 0.1) is 0 Å². The zero-order valence-electron chi connectivity index (χ0n) is 14.1. The largest absolute Gasteiger partial charge is 0.383 e. The van der Waals surface area contributed by atoms with Gasteiger partial charge in [-0.2, -0.15) is 5.10 Å². The van der Waals surface area contributed by atoms with Crippen LogP contribution >= 0.6 is 0 Å². The summed E-state index contributed by atoms with van der Waals surface area (Å²) >= 11 is 0. The van der Waals surface area contributed by atoms with Crippen molar-refractivity contribution in [1.29, 1.82) is 0 Å². The highest BCUT2D eigenvalue weighted by Crippen LogP contribution is 2.33. The van der Waals surface area contributed by atoms with Crippen molar-refractivity contribution in [2.45, 2.75) is 31.8 Å². The van der Waals surface area contributed by atoms with Crippen LogP contribution in [0.4, 0.5) is 5.82 Å². The van der Waals surface area contributed by atoms with Gasteiger partial charge in [-0.05, 0) is 38.4 Å². The van der Waals surface area contributed by atoms with Gasteiger partial charge in [0.15, 0.2) is 0 Å². The van der Waals surface area contributed by atoms with E-state index in [-0.39, 0.29) is 0 Å². The molecule has 1 aromatic carbocycles. The average molecular weight is 322 g/mol. The van der Waals surface area contributed by atoms with Crippen LogP contribution in [0.5, 0.6) is 0 Å². The first-order valence-electron chi connectivity index (χ1n) is 8.35. The van der Waals surface area contributed by atoms with Gasteiger partial charge in [0.05, 0.1) is 18.3 Å². The van der Waals surface area contributed by atoms with Crippen molar-refractivity contribution >= 4 is 16.7 Å². The maximum atomic E-state index is 6.11. The molecule has 1 aliphatic rings. The van der Waals surface area contributed by atoms with Gasteiger partial charge in [-0.1, -0.05) is 12.1 Å². The van der Waals surface area contributed by atoms with Crippen LogP contribution in [0.15, 0.2) is 30.5 Å². The van der Waals surface area contributed by atoms with E-state index in [9.17, 15) is 0 Å². The first kappa shape index (κ1) is 15.1. The third-order valence-electron chi connectivity index (χ3n) is 4.95. The first-order valence-corrected chi connectivity index (χ1v) is 8.35. The molecule has 4 rings (SSSR count). The van der Waals surface area contributed by atoms with Crippen LogP contribution in [-0.4, -0.2) is 31.7 Å². The van der Waals surface area contributed by atoms with Crippen molar-refractivity contribution in [2.24, 2.45) is 7.05 Å². The van der Waals surface area contributed by atoms with Gasteiger partial charge in [0.25, 0.3) is 0 Å². The van der Waals surface area contributed by atoms with E-state index in [1.165, 1.54) is 17.7 Å². The van der Waals surface area contributed by atoms with E-state index in [2.05, 4.69) is 27.0 Å². The first-order chi connectivity index (χ1) is 11.6. The minimum absolute atomic E-state index is 0.360. The lowest BCUT2D eigenvalue weighted by molar-refractivity contribution is 0.208. The van der Waals surface area contributed by atoms with Gasteiger partial charge in [0.2, 0.25) is 0 Å². The fourth-order valence-corrected chi connectivity index (χ4v) is 3.70. The SMILES string of the molecule is CN(Cc1nc(N)c2ccccc2n1)[C@@H]1CCCc2c1cnn2C. The second-order valence-electron chi connectivity index (χ2n) is 6.54. The van der Waals surface area contributed by atoms with Gasteiger partial charge in [0, 0.05) is 29.7 Å². The monoisotopic (exact) mass is 322 g/mol. The topological polar surface area (TPSA) is 72.9 Å². The molecule has 2 heterocycles. The number of nitrogens with two attached hydrogens (primary N) is 1. The molecule has 3 aromatic rings. The van der Waals surface area contributed by atoms with Crippen molar-refractivity contribution in [3.63, 3.8) is 0 Å². The van der Waals surface area contributed by atoms with E-state index in [1.54, 1.807) is 0 Å². The smallest absolute Gasteiger partial charge is 0.145 e. The Morgan fingerprint density at radius 1 is 1.29 bits per heavy atom. The Labute approximate surface area is 141 Å². The highest BCUT2D eigenvalue weighted by Gasteiger charge is 2.27. The summed E-state index contributed by atoms with van der Waals surface area (Å²) < 4.78 is 2.00. The zero-order valence-corrected chi connectivity index (χ0v) is 14.1. The number of aryl methyl sites for hydroxylation is 1. The van der Waals surface area contributed by atoms with E-state index in [0.717, 1.165) is 29.6 Å². The second-order valence-corrected chi connectivity index (χ2v) is 6.54. The Kier molecular flexibility index (Phi) is 3.69. The molecule has 2 N–H and O–H groups in total. The number of nitrogen functional groups attached to an aromatic ring is 1. The summed E-state index contributed by atoms with van der Waals surface area (Å²) in [6, 6.07) is 8.24. The summed E-state index contributed by atoms with van der Waals surface area (Å²) in [5, 5.41) is 5.34. The number of aromatic nitrogens is 4. The number of benzene rings is 1. The van der Waals surface area contributed by atoms with Crippen molar-refractivity contribution in [3.05, 3.63) is 47.5 Å². The summed E-state index contributed by atoms with van der Waals surface area (Å²) in [7, 11) is 4.15. The van der Waals surface area contributed by atoms with Gasteiger partial charge < -0.3 is 5.73 Å². The Bertz CT molecular complexity index is 884. The third-order valence-corrected chi connectivity index (χ3v) is 4.95. The van der Waals surface area contributed by atoms with Gasteiger partial charge in [0.1, 0.15) is 11.6 Å². The molecule has 24 heavy (non-hydrogen) atoms. The lowest BCUT2D eigenvalue weighted by Crippen LogP contribution is -2.28. The summed E-state index contributed by atoms with van der Waals surface area (Å²) in [6.07, 6.45) is 5.43. The molecule has 0 unspecified atom stereocenters. The summed E-state index contributed by atoms with van der Waals surface area (Å²) in [6.45, 7) is 0.675. The van der Waals surface area contributed by atoms with E-state index in [0.29, 0.717) is 18.4 Å². The molecule has 124 valence electrons. The predicted molar refractivity (Wildman–Crippen MR) is 94.3 cm³/mol. The molecule has 6 heteroatoms. The molecule has 2 aromatic heterocycles. The Morgan fingerprint density at radius 3 is 3.00 bits per heavy atom. The van der Waals surface area contributed by atoms with Crippen LogP contribution in [0.25, 0.3) is 10.9 Å². The minimum atomic E-state index is 0.360. The Balaban J connectivity index is 1.62. The molecule has 1 aliphatic carbocycles. The van der Waals surface area contributed by atoms with Gasteiger partial charge in [-0.25, -0.2) is 9.97 Å². The van der Waals surface area contributed by atoms with Gasteiger partial charge >= 0.3 is 0 Å². The number of fused-ring (bicyclic) bond motifs is 2. The number of para-hydroxylation sites is 1. The standard InChI is InChI=1S/C18H22N6/c1-23(15-8-5-9-16-13(15)10-20-24(16)2)11-17-21-14-7-4-3-6-12(14)18(19)22-17/h3-4,6-7,10,15H,5,8-9,11H2,1-2H3,(H2,19,21,22)/t15-/m1/s1. The third kappa shape index (κ3) is 2.53. The van der Waals surface area contributed by atoms with Crippen LogP contribution in [-0.2, 0) is 20.0 Å². The quantitative estimate of drug-likeness (QED) is 0.802. The predicted octanol–water partition coefficient (Wildman–Crippen LogP) is 2.45. The highest BCUT2D eigenvalue weighted by molar-refractivity contribution is 5.87. The minimum Gasteiger partial charge on any atom is -0.383 e. The lowest BCUT2D eigenvalue weighted by Gasteiger charge is -2.31. The van der Waals surface area contributed by atoms with Crippen molar-refractivity contribution in [2.75, 3.05) is 12.8 Å². The Morgan fingerprint density at radius 2 is 2.12 bits per heavy atom. The summed E-state index contributed by atoms with van der Waals surface area (Å²) in [5.41, 5.74) is 9.69. The summed E-state index contributed by atoms with van der Waals surface area (Å²) in [5.74, 6) is 1.32. The van der Waals surface area contributed by atoms with Crippen LogP contribution in [0.3, 0.4) is 0 Å². The number of hydrogen-bond acceptors (Lipinski definition) is 5. The molecule has 0 fully saturated rings. The fourth-order valence-electron chi connectivity index (χ4n) is 3.70. The van der Waals surface area contributed by atoms with Gasteiger partial charge in [-0.3, -0.25) is 9.58 Å². The molecule has 1 atom stereocenters. The van der Waals surface area contributed by atoms with Crippen molar-refractivity contribution in [1.82, 2.24) is 24.6 Å². The fraction of sp³-hybridized carbons (Fsp3) is 0.389. The molecular formula is C18H22N6. The molecule has 0 saturated carbocycles. The molecule has 0 aliphatic heterocycles. The summed E-state index contributed by atoms with van der Waals surface area (Å²) in [4.78, 5) is 11.5. The van der Waals surface area contributed by atoms with Crippen molar-refractivity contribution < 1.29 is 0 Å². The highest BCUT2D eigenvalue weighted by atomic mass is 15.3. The van der Waals surface area contributed by atoms with Crippen LogP contribution < -0.4 is 5.73 Å². The van der Waals surface area contributed by atoms with Crippen LogP contribution in [0.2, 0.25) is 0 Å². The zero-order chi connectivity index (χ0) is 16.7. The molecule has 0 amide bonds. The normalized spacial score (nSPS) is 17.4. The maximum absolute atomic E-state index is 6.11. The molecule has 0 saturated heterocycles. The second kappa shape index (κ2) is 5.87. The molecule has 0 radical (unpaired) electrons. The van der Waals surface area contributed by atoms with E-state index in [1.807, 2.05) is 42.2 Å². The van der Waals surface area contributed by atoms with Crippen molar-refractivity contribution in [3.8, 4) is 0 Å². The number of hydrogen-bond donors (Lipinski definition) is 1. The lowest BCUT2D eigenvalue weighted by atomic mass is 9.92. The Hall–Kier alpha value is -2.47.